The molecule has 0 atom stereocenters. The Balaban J connectivity index is 2.83. The smallest absolute Gasteiger partial charge is 0.257 e. The van der Waals surface area contributed by atoms with Crippen LogP contribution in [0, 0.1) is 0 Å². The monoisotopic (exact) mass is 275 g/mol. The maximum atomic E-state index is 11.2. The Morgan fingerprint density at radius 3 is 2.76 bits per heavy atom. The number of hydrogen-bond acceptors (Lipinski definition) is 3. The quantitative estimate of drug-likeness (QED) is 0.840. The standard InChI is InChI=1S/C11H11Cl2NO3/c1-2-14-10(16)6-17-11-7(5-15)3-8(12)4-9(11)13/h3-5H,2,6H2,1H3,(H,14,16). The minimum absolute atomic E-state index is 0.164. The van der Waals surface area contributed by atoms with Crippen LogP contribution in [-0.2, 0) is 4.79 Å². The van der Waals surface area contributed by atoms with Crippen molar-refractivity contribution in [3.8, 4) is 5.75 Å². The van der Waals surface area contributed by atoms with Gasteiger partial charge in [-0.3, -0.25) is 9.59 Å². The van der Waals surface area contributed by atoms with Crippen molar-refractivity contribution >= 4 is 35.4 Å². The number of aldehydes is 1. The average molecular weight is 276 g/mol. The van der Waals surface area contributed by atoms with Crippen LogP contribution in [-0.4, -0.2) is 25.3 Å². The van der Waals surface area contributed by atoms with Gasteiger partial charge in [0, 0.05) is 11.6 Å². The molecule has 1 N–H and O–H groups in total. The van der Waals surface area contributed by atoms with Crippen LogP contribution in [0.4, 0.5) is 0 Å². The van der Waals surface area contributed by atoms with E-state index in [1.165, 1.54) is 12.1 Å². The number of halogens is 2. The molecular formula is C11H11Cl2NO3. The molecule has 1 rings (SSSR count). The Morgan fingerprint density at radius 1 is 1.47 bits per heavy atom. The molecule has 0 unspecified atom stereocenters. The van der Waals surface area contributed by atoms with Gasteiger partial charge >= 0.3 is 0 Å². The van der Waals surface area contributed by atoms with Crippen molar-refractivity contribution in [1.82, 2.24) is 5.32 Å². The molecule has 0 fully saturated rings. The number of ether oxygens (including phenoxy) is 1. The summed E-state index contributed by atoms with van der Waals surface area (Å²) in [5, 5.41) is 3.10. The molecule has 1 amide bonds. The van der Waals surface area contributed by atoms with Crippen LogP contribution >= 0.6 is 23.2 Å². The summed E-state index contributed by atoms with van der Waals surface area (Å²) in [6.45, 7) is 2.11. The average Bonchev–Trinajstić information content (AvgIpc) is 2.27. The largest absolute Gasteiger partial charge is 0.481 e. The molecule has 0 aliphatic heterocycles. The SMILES string of the molecule is CCNC(=O)COc1c(Cl)cc(Cl)cc1C=O. The zero-order chi connectivity index (χ0) is 12.8. The molecule has 0 heterocycles. The Kier molecular flexibility index (Phi) is 5.25. The van der Waals surface area contributed by atoms with Crippen LogP contribution in [0.1, 0.15) is 17.3 Å². The van der Waals surface area contributed by atoms with E-state index >= 15 is 0 Å². The Labute approximate surface area is 109 Å². The van der Waals surface area contributed by atoms with Gasteiger partial charge < -0.3 is 10.1 Å². The second-order valence-corrected chi connectivity index (χ2v) is 4.01. The fourth-order valence-electron chi connectivity index (χ4n) is 1.21. The highest BCUT2D eigenvalue weighted by atomic mass is 35.5. The molecule has 0 saturated carbocycles. The molecule has 17 heavy (non-hydrogen) atoms. The first-order valence-corrected chi connectivity index (χ1v) is 5.67. The van der Waals surface area contributed by atoms with E-state index in [4.69, 9.17) is 27.9 Å². The van der Waals surface area contributed by atoms with Gasteiger partial charge in [0.15, 0.2) is 12.9 Å². The molecule has 6 heteroatoms. The lowest BCUT2D eigenvalue weighted by atomic mass is 10.2. The molecule has 0 aromatic heterocycles. The third-order valence-electron chi connectivity index (χ3n) is 1.89. The third-order valence-corrected chi connectivity index (χ3v) is 2.38. The number of hydrogen-bond donors (Lipinski definition) is 1. The van der Waals surface area contributed by atoms with Gasteiger partial charge in [0.1, 0.15) is 5.75 Å². The number of amides is 1. The molecule has 0 aliphatic rings. The fraction of sp³-hybridized carbons (Fsp3) is 0.273. The van der Waals surface area contributed by atoms with Gasteiger partial charge in [-0.25, -0.2) is 0 Å². The third kappa shape index (κ3) is 3.91. The summed E-state index contributed by atoms with van der Waals surface area (Å²) in [7, 11) is 0. The molecule has 0 spiro atoms. The van der Waals surface area contributed by atoms with Crippen molar-refractivity contribution in [3.63, 3.8) is 0 Å². The number of nitrogens with one attached hydrogen (secondary N) is 1. The van der Waals surface area contributed by atoms with Gasteiger partial charge in [0.05, 0.1) is 10.6 Å². The van der Waals surface area contributed by atoms with Crippen LogP contribution in [0.3, 0.4) is 0 Å². The van der Waals surface area contributed by atoms with Crippen molar-refractivity contribution in [2.24, 2.45) is 0 Å². The number of rotatable bonds is 5. The van der Waals surface area contributed by atoms with Gasteiger partial charge in [-0.05, 0) is 19.1 Å². The summed E-state index contributed by atoms with van der Waals surface area (Å²) in [4.78, 5) is 22.0. The molecular weight excluding hydrogens is 265 g/mol. The van der Waals surface area contributed by atoms with Crippen LogP contribution < -0.4 is 10.1 Å². The second-order valence-electron chi connectivity index (χ2n) is 3.17. The fourth-order valence-corrected chi connectivity index (χ4v) is 1.77. The highest BCUT2D eigenvalue weighted by Crippen LogP contribution is 2.31. The van der Waals surface area contributed by atoms with Crippen LogP contribution in [0.25, 0.3) is 0 Å². The zero-order valence-electron chi connectivity index (χ0n) is 9.13. The summed E-state index contributed by atoms with van der Waals surface area (Å²) in [5.41, 5.74) is 0.215. The lowest BCUT2D eigenvalue weighted by Crippen LogP contribution is -2.28. The summed E-state index contributed by atoms with van der Waals surface area (Å²) in [5.74, 6) is -0.118. The van der Waals surface area contributed by atoms with Gasteiger partial charge in [-0.15, -0.1) is 0 Å². The predicted octanol–water partition coefficient (Wildman–Crippen LogP) is 2.32. The van der Waals surface area contributed by atoms with Gasteiger partial charge in [-0.2, -0.15) is 0 Å². The second kappa shape index (κ2) is 6.47. The minimum Gasteiger partial charge on any atom is -0.481 e. The summed E-state index contributed by atoms with van der Waals surface area (Å²) >= 11 is 11.6. The van der Waals surface area contributed by atoms with E-state index in [0.29, 0.717) is 17.9 Å². The van der Waals surface area contributed by atoms with Gasteiger partial charge in [0.25, 0.3) is 5.91 Å². The lowest BCUT2D eigenvalue weighted by Gasteiger charge is -2.10. The number of likely N-dealkylation sites (N-methyl/N-ethyl adjacent to an activating group) is 1. The van der Waals surface area contributed by atoms with Crippen molar-refractivity contribution < 1.29 is 14.3 Å². The van der Waals surface area contributed by atoms with Gasteiger partial charge in [0.2, 0.25) is 0 Å². The first kappa shape index (κ1) is 13.8. The molecule has 0 radical (unpaired) electrons. The zero-order valence-corrected chi connectivity index (χ0v) is 10.6. The lowest BCUT2D eigenvalue weighted by molar-refractivity contribution is -0.122. The molecule has 0 aliphatic carbocycles. The van der Waals surface area contributed by atoms with E-state index in [1.807, 2.05) is 0 Å². The van der Waals surface area contributed by atoms with Crippen molar-refractivity contribution in [3.05, 3.63) is 27.7 Å². The van der Waals surface area contributed by atoms with Crippen LogP contribution in [0.5, 0.6) is 5.75 Å². The van der Waals surface area contributed by atoms with E-state index in [2.05, 4.69) is 5.32 Å². The van der Waals surface area contributed by atoms with Gasteiger partial charge in [-0.1, -0.05) is 23.2 Å². The number of carbonyl (C=O) groups excluding carboxylic acids is 2. The van der Waals surface area contributed by atoms with Crippen molar-refractivity contribution in [2.45, 2.75) is 6.92 Å². The Hall–Kier alpha value is -1.26. The summed E-state index contributed by atoms with van der Waals surface area (Å²) in [6.07, 6.45) is 0.574. The van der Waals surface area contributed by atoms with Crippen LogP contribution in [0.2, 0.25) is 10.0 Å². The maximum absolute atomic E-state index is 11.2. The highest BCUT2D eigenvalue weighted by Gasteiger charge is 2.11. The minimum atomic E-state index is -0.282. The molecule has 4 nitrogen and oxygen atoms in total. The van der Waals surface area contributed by atoms with E-state index in [-0.39, 0.29) is 28.8 Å². The predicted molar refractivity (Wildman–Crippen MR) is 66.0 cm³/mol. The number of carbonyl (C=O) groups is 2. The molecule has 0 bridgehead atoms. The van der Waals surface area contributed by atoms with E-state index in [9.17, 15) is 9.59 Å². The Bertz CT molecular complexity index is 435. The van der Waals surface area contributed by atoms with E-state index < -0.39 is 0 Å². The van der Waals surface area contributed by atoms with E-state index in [0.717, 1.165) is 0 Å². The summed E-state index contributed by atoms with van der Waals surface area (Å²) < 4.78 is 5.19. The molecule has 1 aromatic rings. The first-order valence-electron chi connectivity index (χ1n) is 4.92. The Morgan fingerprint density at radius 2 is 2.18 bits per heavy atom. The molecule has 1 aromatic carbocycles. The number of benzene rings is 1. The first-order chi connectivity index (χ1) is 8.08. The molecule has 92 valence electrons. The summed E-state index contributed by atoms with van der Waals surface area (Å²) in [6, 6.07) is 2.87. The van der Waals surface area contributed by atoms with Crippen molar-refractivity contribution in [2.75, 3.05) is 13.2 Å². The van der Waals surface area contributed by atoms with E-state index in [1.54, 1.807) is 6.92 Å². The molecule has 0 saturated heterocycles. The topological polar surface area (TPSA) is 55.4 Å². The van der Waals surface area contributed by atoms with Crippen LogP contribution in [0.15, 0.2) is 12.1 Å². The van der Waals surface area contributed by atoms with Crippen molar-refractivity contribution in [1.29, 1.82) is 0 Å². The highest BCUT2D eigenvalue weighted by molar-refractivity contribution is 6.36. The normalized spacial score (nSPS) is 9.82. The maximum Gasteiger partial charge on any atom is 0.257 e.